The van der Waals surface area contributed by atoms with Gasteiger partial charge < -0.3 is 5.11 Å². The van der Waals surface area contributed by atoms with Crippen molar-refractivity contribution in [2.24, 2.45) is 5.92 Å². The molecule has 0 amide bonds. The summed E-state index contributed by atoms with van der Waals surface area (Å²) in [5.74, 6) is -0.707. The average molecular weight is 206 g/mol. The average Bonchev–Trinajstić information content (AvgIpc) is 2.32. The number of carboxylic acid groups (broad SMARTS) is 1. The maximum Gasteiger partial charge on any atom is 0.308 e. The van der Waals surface area contributed by atoms with Crippen LogP contribution in [0.3, 0.4) is 0 Å². The molecular formula is C9H16ClNO2. The Morgan fingerprint density at radius 1 is 1.31 bits per heavy atom. The first-order valence-electron chi connectivity index (χ1n) is 4.65. The first-order chi connectivity index (χ1) is 5.70. The maximum atomic E-state index is 10.9. The Hall–Kier alpha value is -0.280. The van der Waals surface area contributed by atoms with E-state index in [-0.39, 0.29) is 18.3 Å². The van der Waals surface area contributed by atoms with E-state index in [0.717, 1.165) is 19.3 Å². The topological polar surface area (TPSA) is 40.5 Å². The highest BCUT2D eigenvalue weighted by molar-refractivity contribution is 5.85. The van der Waals surface area contributed by atoms with E-state index in [2.05, 4.69) is 11.9 Å². The van der Waals surface area contributed by atoms with Gasteiger partial charge in [-0.15, -0.1) is 12.4 Å². The molecule has 1 N–H and O–H groups in total. The number of aliphatic carboxylic acids is 1. The van der Waals surface area contributed by atoms with Gasteiger partial charge in [0.25, 0.3) is 0 Å². The predicted octanol–water partition coefficient (Wildman–Crippen LogP) is 1.37. The van der Waals surface area contributed by atoms with Gasteiger partial charge in [-0.3, -0.25) is 9.69 Å². The molecule has 4 heteroatoms. The van der Waals surface area contributed by atoms with Crippen molar-refractivity contribution in [1.29, 1.82) is 0 Å². The van der Waals surface area contributed by atoms with Gasteiger partial charge in [0.05, 0.1) is 5.92 Å². The Balaban J connectivity index is 0.000000845. The zero-order chi connectivity index (χ0) is 8.72. The molecule has 0 aromatic rings. The normalized spacial score (nSPS) is 38.4. The SMILES string of the molecule is CN1C2CCC1[C@H](C(=O)O)CC2.Cl. The zero-order valence-electron chi connectivity index (χ0n) is 7.77. The summed E-state index contributed by atoms with van der Waals surface area (Å²) < 4.78 is 0. The summed E-state index contributed by atoms with van der Waals surface area (Å²) in [6.45, 7) is 0. The lowest BCUT2D eigenvalue weighted by molar-refractivity contribution is -0.145. The Morgan fingerprint density at radius 3 is 2.54 bits per heavy atom. The third-order valence-electron chi connectivity index (χ3n) is 3.49. The molecule has 76 valence electrons. The van der Waals surface area contributed by atoms with Gasteiger partial charge in [-0.25, -0.2) is 0 Å². The minimum atomic E-state index is -0.604. The highest BCUT2D eigenvalue weighted by Crippen LogP contribution is 2.37. The molecule has 2 fully saturated rings. The van der Waals surface area contributed by atoms with Crippen molar-refractivity contribution in [2.75, 3.05) is 7.05 Å². The van der Waals surface area contributed by atoms with Crippen LogP contribution < -0.4 is 0 Å². The molecule has 2 unspecified atom stereocenters. The lowest BCUT2D eigenvalue weighted by Gasteiger charge is -2.35. The van der Waals surface area contributed by atoms with E-state index >= 15 is 0 Å². The van der Waals surface area contributed by atoms with Gasteiger partial charge in [-0.05, 0) is 32.7 Å². The van der Waals surface area contributed by atoms with E-state index in [4.69, 9.17) is 5.11 Å². The van der Waals surface area contributed by atoms with Crippen LogP contribution in [0.15, 0.2) is 0 Å². The van der Waals surface area contributed by atoms with Gasteiger partial charge in [0.15, 0.2) is 0 Å². The standard InChI is InChI=1S/C9H15NO2.ClH/c1-10-6-2-4-7(9(11)12)8(10)5-3-6;/h6-8H,2-5H2,1H3,(H,11,12);1H/t6?,7-,8?;/m1./s1. The molecule has 0 saturated carbocycles. The van der Waals surface area contributed by atoms with Gasteiger partial charge in [0.2, 0.25) is 0 Å². The molecule has 3 atom stereocenters. The predicted molar refractivity (Wildman–Crippen MR) is 52.2 cm³/mol. The molecule has 0 aliphatic carbocycles. The molecule has 2 aliphatic heterocycles. The van der Waals surface area contributed by atoms with Crippen LogP contribution in [0, 0.1) is 5.92 Å². The van der Waals surface area contributed by atoms with E-state index in [9.17, 15) is 4.79 Å². The fraction of sp³-hybridized carbons (Fsp3) is 0.889. The molecule has 2 rings (SSSR count). The summed E-state index contributed by atoms with van der Waals surface area (Å²) >= 11 is 0. The molecule has 2 saturated heterocycles. The number of hydrogen-bond acceptors (Lipinski definition) is 2. The number of fused-ring (bicyclic) bond motifs is 2. The second-order valence-electron chi connectivity index (χ2n) is 3.99. The minimum Gasteiger partial charge on any atom is -0.481 e. The van der Waals surface area contributed by atoms with Gasteiger partial charge in [0, 0.05) is 12.1 Å². The molecule has 2 aliphatic rings. The molecule has 0 radical (unpaired) electrons. The van der Waals surface area contributed by atoms with Crippen LogP contribution in [-0.2, 0) is 4.79 Å². The summed E-state index contributed by atoms with van der Waals surface area (Å²) in [4.78, 5) is 13.1. The van der Waals surface area contributed by atoms with E-state index < -0.39 is 5.97 Å². The first kappa shape index (κ1) is 10.8. The number of carboxylic acids is 1. The van der Waals surface area contributed by atoms with Gasteiger partial charge >= 0.3 is 5.97 Å². The second kappa shape index (κ2) is 3.84. The van der Waals surface area contributed by atoms with E-state index in [0.29, 0.717) is 12.1 Å². The van der Waals surface area contributed by atoms with E-state index in [1.807, 2.05) is 0 Å². The third-order valence-corrected chi connectivity index (χ3v) is 3.49. The highest BCUT2D eigenvalue weighted by Gasteiger charge is 2.42. The van der Waals surface area contributed by atoms with Crippen LogP contribution in [0.1, 0.15) is 25.7 Å². The molecule has 13 heavy (non-hydrogen) atoms. The van der Waals surface area contributed by atoms with Crippen LogP contribution in [0.2, 0.25) is 0 Å². The van der Waals surface area contributed by atoms with Gasteiger partial charge in [-0.2, -0.15) is 0 Å². The smallest absolute Gasteiger partial charge is 0.308 e. The van der Waals surface area contributed by atoms with Crippen molar-refractivity contribution in [3.05, 3.63) is 0 Å². The Bertz CT molecular complexity index is 210. The lowest BCUT2D eigenvalue weighted by atomic mass is 9.91. The fourth-order valence-electron chi connectivity index (χ4n) is 2.73. The zero-order valence-corrected chi connectivity index (χ0v) is 8.59. The molecule has 0 aromatic carbocycles. The summed E-state index contributed by atoms with van der Waals surface area (Å²) in [5.41, 5.74) is 0. The maximum absolute atomic E-state index is 10.9. The summed E-state index contributed by atoms with van der Waals surface area (Å²) in [7, 11) is 2.07. The van der Waals surface area contributed by atoms with Crippen molar-refractivity contribution >= 4 is 18.4 Å². The number of hydrogen-bond donors (Lipinski definition) is 1. The number of nitrogens with zero attached hydrogens (tertiary/aromatic N) is 1. The summed E-state index contributed by atoms with van der Waals surface area (Å²) in [6, 6.07) is 0.992. The third kappa shape index (κ3) is 1.67. The quantitative estimate of drug-likeness (QED) is 0.703. The number of piperidine rings is 1. The van der Waals surface area contributed by atoms with Crippen LogP contribution in [0.5, 0.6) is 0 Å². The number of halogens is 1. The Kier molecular flexibility index (Phi) is 3.19. The lowest BCUT2D eigenvalue weighted by Crippen LogP contribution is -2.44. The number of rotatable bonds is 1. The monoisotopic (exact) mass is 205 g/mol. The van der Waals surface area contributed by atoms with Crippen molar-refractivity contribution in [1.82, 2.24) is 4.90 Å². The fourth-order valence-corrected chi connectivity index (χ4v) is 2.73. The van der Waals surface area contributed by atoms with Crippen molar-refractivity contribution in [3.63, 3.8) is 0 Å². The van der Waals surface area contributed by atoms with Gasteiger partial charge in [-0.1, -0.05) is 0 Å². The van der Waals surface area contributed by atoms with Crippen LogP contribution in [0.4, 0.5) is 0 Å². The summed E-state index contributed by atoms with van der Waals surface area (Å²) in [6.07, 6.45) is 4.24. The van der Waals surface area contributed by atoms with E-state index in [1.54, 1.807) is 0 Å². The summed E-state index contributed by atoms with van der Waals surface area (Å²) in [5, 5.41) is 8.95. The van der Waals surface area contributed by atoms with Crippen LogP contribution in [-0.4, -0.2) is 35.1 Å². The Morgan fingerprint density at radius 2 is 1.92 bits per heavy atom. The molecule has 0 spiro atoms. The molecular weight excluding hydrogens is 190 g/mol. The molecule has 2 heterocycles. The largest absolute Gasteiger partial charge is 0.481 e. The van der Waals surface area contributed by atoms with Gasteiger partial charge in [0.1, 0.15) is 0 Å². The van der Waals surface area contributed by atoms with Crippen molar-refractivity contribution in [3.8, 4) is 0 Å². The first-order valence-corrected chi connectivity index (χ1v) is 4.65. The molecule has 3 nitrogen and oxygen atoms in total. The van der Waals surface area contributed by atoms with Crippen LogP contribution in [0.25, 0.3) is 0 Å². The van der Waals surface area contributed by atoms with Crippen LogP contribution >= 0.6 is 12.4 Å². The minimum absolute atomic E-state index is 0. The highest BCUT2D eigenvalue weighted by atomic mass is 35.5. The number of carbonyl (C=O) groups is 1. The second-order valence-corrected chi connectivity index (χ2v) is 3.99. The van der Waals surface area contributed by atoms with Crippen molar-refractivity contribution in [2.45, 2.75) is 37.8 Å². The van der Waals surface area contributed by atoms with Crippen molar-refractivity contribution < 1.29 is 9.90 Å². The van der Waals surface area contributed by atoms with E-state index in [1.165, 1.54) is 6.42 Å². The molecule has 2 bridgehead atoms. The Labute approximate surface area is 84.5 Å². The molecule has 0 aromatic heterocycles.